The molecule has 0 spiro atoms. The third-order valence-corrected chi connectivity index (χ3v) is 6.20. The van der Waals surface area contributed by atoms with E-state index in [1.54, 1.807) is 6.20 Å². The van der Waals surface area contributed by atoms with Crippen LogP contribution >= 0.6 is 0 Å². The number of rotatable bonds is 4. The molecular formula is C23H24N2O5. The molecule has 3 N–H and O–H groups in total. The number of ether oxygens (including phenoxy) is 2. The molecule has 0 unspecified atom stereocenters. The maximum atomic E-state index is 10.3. The van der Waals surface area contributed by atoms with Gasteiger partial charge < -0.3 is 29.4 Å². The van der Waals surface area contributed by atoms with Crippen LogP contribution in [0.5, 0.6) is 0 Å². The first-order chi connectivity index (χ1) is 14.5. The van der Waals surface area contributed by atoms with Gasteiger partial charge in [-0.1, -0.05) is 18.2 Å². The molecule has 2 aromatic heterocycles. The van der Waals surface area contributed by atoms with E-state index in [0.717, 1.165) is 43.7 Å². The van der Waals surface area contributed by atoms with Crippen molar-refractivity contribution in [1.82, 2.24) is 9.55 Å². The number of nitrogens with zero attached hydrogens (tertiary/aromatic N) is 2. The van der Waals surface area contributed by atoms with Gasteiger partial charge in [0.05, 0.1) is 18.7 Å². The molecule has 156 valence electrons. The zero-order chi connectivity index (χ0) is 21.0. The maximum Gasteiger partial charge on any atom is 0.187 e. The average Bonchev–Trinajstić information content (AvgIpc) is 3.22. The van der Waals surface area contributed by atoms with Crippen LogP contribution in [0, 0.1) is 6.92 Å². The monoisotopic (exact) mass is 408 g/mol. The second kappa shape index (κ2) is 7.30. The van der Waals surface area contributed by atoms with Gasteiger partial charge in [0.2, 0.25) is 0 Å². The molecule has 1 fully saturated rings. The Balaban J connectivity index is 1.68. The number of aryl methyl sites for hydroxylation is 2. The van der Waals surface area contributed by atoms with Gasteiger partial charge in [0.15, 0.2) is 6.29 Å². The van der Waals surface area contributed by atoms with Gasteiger partial charge in [0.1, 0.15) is 18.3 Å². The molecule has 7 heteroatoms. The average molecular weight is 408 g/mol. The predicted molar refractivity (Wildman–Crippen MR) is 113 cm³/mol. The highest BCUT2D eigenvalue weighted by atomic mass is 16.7. The van der Waals surface area contributed by atoms with E-state index >= 15 is 0 Å². The maximum absolute atomic E-state index is 10.3. The van der Waals surface area contributed by atoms with Crippen LogP contribution in [0.15, 0.2) is 42.7 Å². The zero-order valence-corrected chi connectivity index (χ0v) is 16.8. The largest absolute Gasteiger partial charge is 0.394 e. The molecule has 7 nitrogen and oxygen atoms in total. The number of pyridine rings is 1. The second-order valence-electron chi connectivity index (χ2n) is 7.84. The molecule has 0 amide bonds. The molecule has 0 radical (unpaired) electrons. The van der Waals surface area contributed by atoms with E-state index in [4.69, 9.17) is 9.47 Å². The Morgan fingerprint density at radius 2 is 1.90 bits per heavy atom. The minimum Gasteiger partial charge on any atom is -0.394 e. The number of aliphatic hydroxyl groups excluding tert-OH is 3. The molecule has 5 rings (SSSR count). The van der Waals surface area contributed by atoms with Crippen molar-refractivity contribution in [2.24, 2.45) is 7.05 Å². The van der Waals surface area contributed by atoms with Gasteiger partial charge in [-0.05, 0) is 35.6 Å². The SMILES string of the molecule is Cc1c2ccncc2c(CO[C@@H]2O[C@@H](CO)[C@@H](O)[C@@H]2O)c2c3ccccc3n(C)c12. The zero-order valence-electron chi connectivity index (χ0n) is 16.8. The molecular weight excluding hydrogens is 384 g/mol. The highest BCUT2D eigenvalue weighted by Crippen LogP contribution is 2.39. The summed E-state index contributed by atoms with van der Waals surface area (Å²) < 4.78 is 13.6. The molecule has 2 aromatic carbocycles. The fourth-order valence-electron chi connectivity index (χ4n) is 4.68. The fourth-order valence-corrected chi connectivity index (χ4v) is 4.68. The topological polar surface area (TPSA) is 97.0 Å². The van der Waals surface area contributed by atoms with Crippen molar-refractivity contribution in [1.29, 1.82) is 0 Å². The first-order valence-corrected chi connectivity index (χ1v) is 9.99. The number of aliphatic hydroxyl groups is 3. The van der Waals surface area contributed by atoms with E-state index in [1.165, 1.54) is 0 Å². The number of fused-ring (bicyclic) bond motifs is 4. The summed E-state index contributed by atoms with van der Waals surface area (Å²) in [5, 5.41) is 33.9. The summed E-state index contributed by atoms with van der Waals surface area (Å²) >= 11 is 0. The van der Waals surface area contributed by atoms with Crippen molar-refractivity contribution in [2.75, 3.05) is 6.61 Å². The van der Waals surface area contributed by atoms with Gasteiger partial charge in [-0.15, -0.1) is 0 Å². The first-order valence-electron chi connectivity index (χ1n) is 9.99. The van der Waals surface area contributed by atoms with Gasteiger partial charge >= 0.3 is 0 Å². The van der Waals surface area contributed by atoms with E-state index in [-0.39, 0.29) is 13.2 Å². The number of aromatic nitrogens is 2. The third-order valence-electron chi connectivity index (χ3n) is 6.20. The van der Waals surface area contributed by atoms with Gasteiger partial charge in [-0.3, -0.25) is 4.98 Å². The van der Waals surface area contributed by atoms with Crippen molar-refractivity contribution in [3.63, 3.8) is 0 Å². The molecule has 0 bridgehead atoms. The Morgan fingerprint density at radius 3 is 2.67 bits per heavy atom. The Morgan fingerprint density at radius 1 is 1.10 bits per heavy atom. The Hall–Kier alpha value is -2.55. The lowest BCUT2D eigenvalue weighted by atomic mass is 9.96. The van der Waals surface area contributed by atoms with Crippen LogP contribution in [-0.2, 0) is 23.1 Å². The molecule has 30 heavy (non-hydrogen) atoms. The Labute approximate surface area is 173 Å². The number of para-hydroxylation sites is 1. The van der Waals surface area contributed by atoms with Crippen LogP contribution < -0.4 is 0 Å². The van der Waals surface area contributed by atoms with Crippen LogP contribution in [0.4, 0.5) is 0 Å². The van der Waals surface area contributed by atoms with E-state index in [2.05, 4.69) is 35.7 Å². The van der Waals surface area contributed by atoms with Crippen LogP contribution in [0.1, 0.15) is 11.1 Å². The molecule has 0 saturated carbocycles. The normalized spacial score (nSPS) is 24.4. The van der Waals surface area contributed by atoms with E-state index in [0.29, 0.717) is 0 Å². The van der Waals surface area contributed by atoms with Gasteiger partial charge in [-0.2, -0.15) is 0 Å². The van der Waals surface area contributed by atoms with E-state index < -0.39 is 24.6 Å². The summed E-state index contributed by atoms with van der Waals surface area (Å²) in [7, 11) is 2.06. The standard InChI is InChI=1S/C23H24N2O5/c1-12-13-7-8-24-9-15(13)16(11-29-23-22(28)21(27)18(10-26)30-23)19-14-5-3-4-6-17(14)25(2)20(12)19/h3-9,18,21-23,26-28H,10-11H2,1-2H3/t18-,21+,22-,23+/m0/s1. The molecule has 0 aliphatic carbocycles. The summed E-state index contributed by atoms with van der Waals surface area (Å²) in [5.74, 6) is 0. The fraction of sp³-hybridized carbons (Fsp3) is 0.348. The summed E-state index contributed by atoms with van der Waals surface area (Å²) in [6, 6.07) is 10.2. The molecule has 1 saturated heterocycles. The molecule has 1 aliphatic heterocycles. The first kappa shape index (κ1) is 19.4. The lowest BCUT2D eigenvalue weighted by molar-refractivity contribution is -0.175. The number of benzene rings is 2. The highest BCUT2D eigenvalue weighted by Gasteiger charge is 2.43. The van der Waals surface area contributed by atoms with Gasteiger partial charge in [-0.25, -0.2) is 0 Å². The lowest BCUT2D eigenvalue weighted by Gasteiger charge is -2.18. The Bertz CT molecular complexity index is 1250. The molecule has 4 aromatic rings. The van der Waals surface area contributed by atoms with Crippen molar-refractivity contribution >= 4 is 32.6 Å². The van der Waals surface area contributed by atoms with Crippen LogP contribution in [0.2, 0.25) is 0 Å². The smallest absolute Gasteiger partial charge is 0.187 e. The summed E-state index contributed by atoms with van der Waals surface area (Å²) in [5.41, 5.74) is 4.36. The van der Waals surface area contributed by atoms with Gasteiger partial charge in [0, 0.05) is 41.1 Å². The van der Waals surface area contributed by atoms with E-state index in [9.17, 15) is 15.3 Å². The van der Waals surface area contributed by atoms with Crippen molar-refractivity contribution in [3.05, 3.63) is 53.9 Å². The lowest BCUT2D eigenvalue weighted by Crippen LogP contribution is -2.34. The van der Waals surface area contributed by atoms with Crippen molar-refractivity contribution in [2.45, 2.75) is 38.1 Å². The van der Waals surface area contributed by atoms with Crippen molar-refractivity contribution in [3.8, 4) is 0 Å². The Kier molecular flexibility index (Phi) is 4.72. The minimum atomic E-state index is -1.22. The van der Waals surface area contributed by atoms with Crippen molar-refractivity contribution < 1.29 is 24.8 Å². The second-order valence-corrected chi connectivity index (χ2v) is 7.84. The van der Waals surface area contributed by atoms with E-state index in [1.807, 2.05) is 24.4 Å². The van der Waals surface area contributed by atoms with Crippen LogP contribution in [0.25, 0.3) is 32.6 Å². The summed E-state index contributed by atoms with van der Waals surface area (Å²) in [6.45, 7) is 1.89. The molecule has 4 atom stereocenters. The van der Waals surface area contributed by atoms with Crippen LogP contribution in [0.3, 0.4) is 0 Å². The number of hydrogen-bond acceptors (Lipinski definition) is 6. The third kappa shape index (κ3) is 2.74. The predicted octanol–water partition coefficient (Wildman–Crippen LogP) is 2.14. The minimum absolute atomic E-state index is 0.166. The highest BCUT2D eigenvalue weighted by molar-refractivity contribution is 6.16. The van der Waals surface area contributed by atoms with Crippen LogP contribution in [-0.4, -0.2) is 56.1 Å². The molecule has 1 aliphatic rings. The van der Waals surface area contributed by atoms with Gasteiger partial charge in [0.25, 0.3) is 0 Å². The quantitative estimate of drug-likeness (QED) is 0.479. The summed E-state index contributed by atoms with van der Waals surface area (Å²) in [4.78, 5) is 4.32. The molecule has 3 heterocycles. The number of hydrogen-bond donors (Lipinski definition) is 3. The summed E-state index contributed by atoms with van der Waals surface area (Å²) in [6.07, 6.45) is -0.678.